The van der Waals surface area contributed by atoms with E-state index in [1.54, 1.807) is 4.68 Å². The lowest BCUT2D eigenvalue weighted by atomic mass is 10.0. The molecule has 2 amide bonds. The van der Waals surface area contributed by atoms with Crippen molar-refractivity contribution < 1.29 is 9.53 Å². The molecule has 0 bridgehead atoms. The number of hydrogen-bond acceptors (Lipinski definition) is 3. The highest BCUT2D eigenvalue weighted by Crippen LogP contribution is 2.24. The summed E-state index contributed by atoms with van der Waals surface area (Å²) in [5.74, 6) is 0. The van der Waals surface area contributed by atoms with Gasteiger partial charge in [0.1, 0.15) is 0 Å². The maximum Gasteiger partial charge on any atom is 0.315 e. The fraction of sp³-hybridized carbons (Fsp3) is 0.444. The lowest BCUT2D eigenvalue weighted by molar-refractivity contribution is 0.0229. The van der Waals surface area contributed by atoms with Gasteiger partial charge in [-0.2, -0.15) is 5.10 Å². The number of aryl methyl sites for hydroxylation is 1. The lowest BCUT2D eigenvalue weighted by Gasteiger charge is -2.23. The van der Waals surface area contributed by atoms with Crippen molar-refractivity contribution in [2.75, 3.05) is 13.2 Å². The molecule has 6 heteroatoms. The van der Waals surface area contributed by atoms with Gasteiger partial charge in [0.15, 0.2) is 0 Å². The Morgan fingerprint density at radius 2 is 2.12 bits per heavy atom. The highest BCUT2D eigenvalue weighted by molar-refractivity contribution is 5.74. The van der Waals surface area contributed by atoms with E-state index in [-0.39, 0.29) is 11.6 Å². The number of rotatable bonds is 5. The minimum absolute atomic E-state index is 0.186. The molecule has 1 fully saturated rings. The maximum absolute atomic E-state index is 12.1. The van der Waals surface area contributed by atoms with Crippen LogP contribution in [0.15, 0.2) is 36.5 Å². The predicted molar refractivity (Wildman–Crippen MR) is 92.5 cm³/mol. The topological polar surface area (TPSA) is 68.2 Å². The van der Waals surface area contributed by atoms with Gasteiger partial charge in [-0.15, -0.1) is 0 Å². The zero-order valence-electron chi connectivity index (χ0n) is 14.2. The molecule has 2 aromatic rings. The first-order valence-electron chi connectivity index (χ1n) is 8.29. The van der Waals surface area contributed by atoms with Gasteiger partial charge < -0.3 is 15.4 Å². The number of benzene rings is 1. The molecule has 1 aromatic carbocycles. The van der Waals surface area contributed by atoms with E-state index >= 15 is 0 Å². The number of ether oxygens (including phenoxy) is 1. The van der Waals surface area contributed by atoms with Crippen molar-refractivity contribution in [1.29, 1.82) is 0 Å². The fourth-order valence-electron chi connectivity index (χ4n) is 2.99. The molecule has 0 aliphatic carbocycles. The summed E-state index contributed by atoms with van der Waals surface area (Å²) in [4.78, 5) is 12.1. The molecule has 6 nitrogen and oxygen atoms in total. The summed E-state index contributed by atoms with van der Waals surface area (Å²) >= 11 is 0. The van der Waals surface area contributed by atoms with Gasteiger partial charge in [0.25, 0.3) is 0 Å². The first-order valence-corrected chi connectivity index (χ1v) is 8.29. The van der Waals surface area contributed by atoms with Crippen LogP contribution in [-0.4, -0.2) is 34.6 Å². The average molecular weight is 328 g/mol. The number of carbonyl (C=O) groups is 1. The first-order chi connectivity index (χ1) is 11.6. The molecule has 1 atom stereocenters. The second-order valence-electron chi connectivity index (χ2n) is 6.48. The summed E-state index contributed by atoms with van der Waals surface area (Å²) in [6, 6.07) is 9.79. The number of nitrogens with zero attached hydrogens (tertiary/aromatic N) is 2. The van der Waals surface area contributed by atoms with Gasteiger partial charge in [0.2, 0.25) is 0 Å². The summed E-state index contributed by atoms with van der Waals surface area (Å²) in [5, 5.41) is 10.3. The lowest BCUT2D eigenvalue weighted by Crippen LogP contribution is -2.44. The van der Waals surface area contributed by atoms with Crippen LogP contribution in [0.5, 0.6) is 0 Å². The molecule has 24 heavy (non-hydrogen) atoms. The fourth-order valence-corrected chi connectivity index (χ4v) is 2.99. The number of urea groups is 1. The minimum Gasteiger partial charge on any atom is -0.373 e. The van der Waals surface area contributed by atoms with Crippen LogP contribution in [0, 0.1) is 0 Å². The second kappa shape index (κ2) is 7.05. The molecular weight excluding hydrogens is 304 g/mol. The SMILES string of the molecule is Cn1cc(CNC(=O)NC[C@@]2(C)CCCO2)c(-c2ccccc2)n1. The van der Waals surface area contributed by atoms with Gasteiger partial charge in [-0.3, -0.25) is 4.68 Å². The highest BCUT2D eigenvalue weighted by Gasteiger charge is 2.29. The van der Waals surface area contributed by atoms with E-state index in [9.17, 15) is 4.79 Å². The van der Waals surface area contributed by atoms with E-state index in [1.807, 2.05) is 50.5 Å². The molecule has 0 radical (unpaired) electrons. The van der Waals surface area contributed by atoms with Crippen LogP contribution in [0.4, 0.5) is 4.79 Å². The van der Waals surface area contributed by atoms with E-state index in [0.29, 0.717) is 13.1 Å². The third-order valence-electron chi connectivity index (χ3n) is 4.31. The van der Waals surface area contributed by atoms with Crippen LogP contribution < -0.4 is 10.6 Å². The number of nitrogens with one attached hydrogen (secondary N) is 2. The molecule has 1 aromatic heterocycles. The third kappa shape index (κ3) is 3.94. The van der Waals surface area contributed by atoms with Crippen LogP contribution in [-0.2, 0) is 18.3 Å². The number of amides is 2. The standard InChI is InChI=1S/C18H24N4O2/c1-18(9-6-10-24-18)13-20-17(23)19-11-15-12-22(2)21-16(15)14-7-4-3-5-8-14/h3-5,7-8,12H,6,9-11,13H2,1-2H3,(H2,19,20,23)/t18-/m1/s1. The summed E-state index contributed by atoms with van der Waals surface area (Å²) in [5.41, 5.74) is 2.69. The maximum atomic E-state index is 12.1. The second-order valence-corrected chi connectivity index (χ2v) is 6.48. The minimum atomic E-state index is -0.235. The normalized spacial score (nSPS) is 20.1. The summed E-state index contributed by atoms with van der Waals surface area (Å²) in [6.45, 7) is 3.77. The Kier molecular flexibility index (Phi) is 4.85. The van der Waals surface area contributed by atoms with Crippen LogP contribution >= 0.6 is 0 Å². The Morgan fingerprint density at radius 1 is 1.33 bits per heavy atom. The summed E-state index contributed by atoms with van der Waals surface area (Å²) in [7, 11) is 1.88. The predicted octanol–water partition coefficient (Wildman–Crippen LogP) is 2.46. The van der Waals surface area contributed by atoms with Crippen molar-refractivity contribution in [2.24, 2.45) is 7.05 Å². The van der Waals surface area contributed by atoms with Crippen molar-refractivity contribution in [3.63, 3.8) is 0 Å². The number of hydrogen-bond donors (Lipinski definition) is 2. The van der Waals surface area contributed by atoms with Crippen molar-refractivity contribution in [3.05, 3.63) is 42.1 Å². The molecule has 1 saturated heterocycles. The third-order valence-corrected chi connectivity index (χ3v) is 4.31. The van der Waals surface area contributed by atoms with Gasteiger partial charge in [-0.05, 0) is 19.8 Å². The monoisotopic (exact) mass is 328 g/mol. The zero-order valence-corrected chi connectivity index (χ0v) is 14.2. The van der Waals surface area contributed by atoms with Gasteiger partial charge in [0.05, 0.1) is 11.3 Å². The van der Waals surface area contributed by atoms with Crippen molar-refractivity contribution in [2.45, 2.75) is 31.9 Å². The molecular formula is C18H24N4O2. The van der Waals surface area contributed by atoms with Crippen molar-refractivity contribution in [3.8, 4) is 11.3 Å². The molecule has 1 aliphatic rings. The number of carbonyl (C=O) groups excluding carboxylic acids is 1. The van der Waals surface area contributed by atoms with Crippen LogP contribution in [0.3, 0.4) is 0 Å². The highest BCUT2D eigenvalue weighted by atomic mass is 16.5. The average Bonchev–Trinajstić information content (AvgIpc) is 3.18. The van der Waals surface area contributed by atoms with Gasteiger partial charge in [-0.1, -0.05) is 30.3 Å². The Hall–Kier alpha value is -2.34. The smallest absolute Gasteiger partial charge is 0.315 e. The quantitative estimate of drug-likeness (QED) is 0.886. The van der Waals surface area contributed by atoms with Crippen LogP contribution in [0.1, 0.15) is 25.3 Å². The molecule has 0 spiro atoms. The molecule has 0 saturated carbocycles. The van der Waals surface area contributed by atoms with E-state index < -0.39 is 0 Å². The Bertz CT molecular complexity index is 690. The van der Waals surface area contributed by atoms with Crippen LogP contribution in [0.2, 0.25) is 0 Å². The molecule has 1 aliphatic heterocycles. The van der Waals surface area contributed by atoms with Crippen LogP contribution in [0.25, 0.3) is 11.3 Å². The first kappa shape index (κ1) is 16.5. The van der Waals surface area contributed by atoms with Gasteiger partial charge in [0, 0.05) is 44.1 Å². The number of aromatic nitrogens is 2. The Labute approximate surface area is 142 Å². The molecule has 0 unspecified atom stereocenters. The summed E-state index contributed by atoms with van der Waals surface area (Å²) in [6.07, 6.45) is 3.97. The summed E-state index contributed by atoms with van der Waals surface area (Å²) < 4.78 is 7.45. The molecule has 128 valence electrons. The van der Waals surface area contributed by atoms with E-state index in [1.165, 1.54) is 0 Å². The van der Waals surface area contributed by atoms with Crippen molar-refractivity contribution >= 4 is 6.03 Å². The molecule has 2 heterocycles. The largest absolute Gasteiger partial charge is 0.373 e. The Balaban J connectivity index is 1.58. The molecule has 3 rings (SSSR count). The van der Waals surface area contributed by atoms with Gasteiger partial charge in [-0.25, -0.2) is 4.79 Å². The van der Waals surface area contributed by atoms with E-state index in [4.69, 9.17) is 4.74 Å². The molecule has 2 N–H and O–H groups in total. The van der Waals surface area contributed by atoms with E-state index in [2.05, 4.69) is 15.7 Å². The van der Waals surface area contributed by atoms with Crippen molar-refractivity contribution in [1.82, 2.24) is 20.4 Å². The zero-order chi connectivity index (χ0) is 17.0. The van der Waals surface area contributed by atoms with Gasteiger partial charge >= 0.3 is 6.03 Å². The Morgan fingerprint density at radius 3 is 2.83 bits per heavy atom. The van der Waals surface area contributed by atoms with E-state index in [0.717, 1.165) is 36.3 Å².